The zero-order valence-corrected chi connectivity index (χ0v) is 11.2. The van der Waals surface area contributed by atoms with Crippen molar-refractivity contribution in [2.45, 2.75) is 44.4 Å². The van der Waals surface area contributed by atoms with Crippen LogP contribution in [0, 0.1) is 0 Å². The van der Waals surface area contributed by atoms with Crippen molar-refractivity contribution in [1.82, 2.24) is 10.1 Å². The van der Waals surface area contributed by atoms with Gasteiger partial charge in [0.25, 0.3) is 5.95 Å². The van der Waals surface area contributed by atoms with Gasteiger partial charge in [-0.25, -0.2) is 0 Å². The lowest BCUT2D eigenvalue weighted by molar-refractivity contribution is -0.146. The number of anilines is 1. The fraction of sp³-hybridized carbons (Fsp3) is 0.769. The SMILES string of the molecule is CCOC(=O)C1(c2nc(N3CCCCC3)no2)CC1. The summed E-state index contributed by atoms with van der Waals surface area (Å²) in [7, 11) is 0. The van der Waals surface area contributed by atoms with Crippen LogP contribution < -0.4 is 4.90 Å². The summed E-state index contributed by atoms with van der Waals surface area (Å²) in [5.41, 5.74) is -0.656. The van der Waals surface area contributed by atoms with Crippen molar-refractivity contribution in [2.75, 3.05) is 24.6 Å². The Morgan fingerprint density at radius 2 is 2.11 bits per heavy atom. The van der Waals surface area contributed by atoms with Crippen LogP contribution in [0.25, 0.3) is 0 Å². The Balaban J connectivity index is 1.75. The molecule has 1 aromatic rings. The normalized spacial score (nSPS) is 21.2. The Hall–Kier alpha value is -1.59. The molecule has 1 aromatic heterocycles. The van der Waals surface area contributed by atoms with Gasteiger partial charge in [-0.3, -0.25) is 4.79 Å². The molecule has 1 aliphatic carbocycles. The molecule has 1 aliphatic heterocycles. The number of hydrogen-bond donors (Lipinski definition) is 0. The molecule has 2 heterocycles. The average Bonchev–Trinajstić information content (AvgIpc) is 3.11. The molecule has 0 N–H and O–H groups in total. The Morgan fingerprint density at radius 3 is 2.74 bits per heavy atom. The molecule has 6 heteroatoms. The highest BCUT2D eigenvalue weighted by molar-refractivity contribution is 5.85. The van der Waals surface area contributed by atoms with Gasteiger partial charge in [-0.15, -0.1) is 0 Å². The second-order valence-electron chi connectivity index (χ2n) is 5.25. The topological polar surface area (TPSA) is 68.5 Å². The highest BCUT2D eigenvalue weighted by Crippen LogP contribution is 2.48. The van der Waals surface area contributed by atoms with Gasteiger partial charge in [0.05, 0.1) is 6.61 Å². The highest BCUT2D eigenvalue weighted by atomic mass is 16.5. The lowest BCUT2D eigenvalue weighted by Crippen LogP contribution is -2.30. The second kappa shape index (κ2) is 4.83. The quantitative estimate of drug-likeness (QED) is 0.771. The van der Waals surface area contributed by atoms with Crippen molar-refractivity contribution in [3.63, 3.8) is 0 Å². The first-order chi connectivity index (χ1) is 9.26. The molecule has 104 valence electrons. The molecule has 0 spiro atoms. The summed E-state index contributed by atoms with van der Waals surface area (Å²) in [6.45, 7) is 4.12. The molecule has 0 atom stereocenters. The minimum atomic E-state index is -0.656. The van der Waals surface area contributed by atoms with E-state index >= 15 is 0 Å². The standard InChI is InChI=1S/C13H19N3O3/c1-2-18-11(17)13(6-7-13)10-14-12(15-19-10)16-8-4-3-5-9-16/h2-9H2,1H3. The second-order valence-corrected chi connectivity index (χ2v) is 5.25. The third kappa shape index (κ3) is 2.19. The van der Waals surface area contributed by atoms with Gasteiger partial charge >= 0.3 is 5.97 Å². The number of hydrogen-bond acceptors (Lipinski definition) is 6. The van der Waals surface area contributed by atoms with Crippen LogP contribution in [0.15, 0.2) is 4.52 Å². The fourth-order valence-electron chi connectivity index (χ4n) is 2.53. The number of carbonyl (C=O) groups is 1. The van der Waals surface area contributed by atoms with E-state index in [-0.39, 0.29) is 5.97 Å². The zero-order valence-electron chi connectivity index (χ0n) is 11.2. The summed E-state index contributed by atoms with van der Waals surface area (Å²) in [4.78, 5) is 18.5. The number of piperidine rings is 1. The fourth-order valence-corrected chi connectivity index (χ4v) is 2.53. The first-order valence-corrected chi connectivity index (χ1v) is 7.02. The van der Waals surface area contributed by atoms with Crippen molar-refractivity contribution in [3.05, 3.63) is 5.89 Å². The third-order valence-electron chi connectivity index (χ3n) is 3.88. The van der Waals surface area contributed by atoms with Gasteiger partial charge in [0.2, 0.25) is 5.89 Å². The van der Waals surface area contributed by atoms with Crippen LogP contribution in [0.2, 0.25) is 0 Å². The van der Waals surface area contributed by atoms with Crippen molar-refractivity contribution < 1.29 is 14.1 Å². The van der Waals surface area contributed by atoms with E-state index in [1.165, 1.54) is 6.42 Å². The molecule has 1 saturated carbocycles. The van der Waals surface area contributed by atoms with Gasteiger partial charge in [0, 0.05) is 13.1 Å². The van der Waals surface area contributed by atoms with Crippen LogP contribution in [0.3, 0.4) is 0 Å². The van der Waals surface area contributed by atoms with E-state index in [1.54, 1.807) is 6.92 Å². The van der Waals surface area contributed by atoms with E-state index in [4.69, 9.17) is 9.26 Å². The van der Waals surface area contributed by atoms with Crippen LogP contribution in [-0.2, 0) is 14.9 Å². The molecule has 3 rings (SSSR count). The van der Waals surface area contributed by atoms with Crippen LogP contribution >= 0.6 is 0 Å². The predicted molar refractivity (Wildman–Crippen MR) is 67.9 cm³/mol. The molecule has 0 amide bonds. The van der Waals surface area contributed by atoms with E-state index in [9.17, 15) is 4.79 Å². The summed E-state index contributed by atoms with van der Waals surface area (Å²) in [5, 5.41) is 4.02. The lowest BCUT2D eigenvalue weighted by atomic mass is 10.1. The average molecular weight is 265 g/mol. The molecule has 6 nitrogen and oxygen atoms in total. The van der Waals surface area contributed by atoms with E-state index in [0.29, 0.717) is 18.4 Å². The molecule has 0 aromatic carbocycles. The van der Waals surface area contributed by atoms with Gasteiger partial charge < -0.3 is 14.2 Å². The summed E-state index contributed by atoms with van der Waals surface area (Å²) < 4.78 is 10.4. The summed E-state index contributed by atoms with van der Waals surface area (Å²) in [6.07, 6.45) is 5.06. The Bertz CT molecular complexity index is 461. The number of ether oxygens (including phenoxy) is 1. The molecular weight excluding hydrogens is 246 g/mol. The highest BCUT2D eigenvalue weighted by Gasteiger charge is 2.57. The Morgan fingerprint density at radius 1 is 1.37 bits per heavy atom. The maximum absolute atomic E-state index is 11.9. The predicted octanol–water partition coefficient (Wildman–Crippen LogP) is 1.65. The number of esters is 1. The molecule has 1 saturated heterocycles. The van der Waals surface area contributed by atoms with Gasteiger partial charge in [-0.05, 0) is 44.2 Å². The van der Waals surface area contributed by atoms with Crippen LogP contribution in [0.5, 0.6) is 0 Å². The molecule has 0 bridgehead atoms. The van der Waals surface area contributed by atoms with E-state index in [0.717, 1.165) is 38.8 Å². The van der Waals surface area contributed by atoms with E-state index < -0.39 is 5.41 Å². The largest absolute Gasteiger partial charge is 0.465 e. The van der Waals surface area contributed by atoms with Gasteiger partial charge in [-0.2, -0.15) is 4.98 Å². The zero-order chi connectivity index (χ0) is 13.3. The van der Waals surface area contributed by atoms with Crippen LogP contribution in [0.4, 0.5) is 5.95 Å². The smallest absolute Gasteiger partial charge is 0.321 e. The van der Waals surface area contributed by atoms with Crippen LogP contribution in [0.1, 0.15) is 44.9 Å². The minimum Gasteiger partial charge on any atom is -0.465 e. The minimum absolute atomic E-state index is 0.233. The van der Waals surface area contributed by atoms with Crippen molar-refractivity contribution in [1.29, 1.82) is 0 Å². The van der Waals surface area contributed by atoms with Gasteiger partial charge in [0.15, 0.2) is 0 Å². The number of rotatable bonds is 4. The lowest BCUT2D eigenvalue weighted by Gasteiger charge is -2.24. The van der Waals surface area contributed by atoms with Crippen molar-refractivity contribution in [3.8, 4) is 0 Å². The molecule has 19 heavy (non-hydrogen) atoms. The number of carbonyl (C=O) groups excluding carboxylic acids is 1. The molecule has 0 unspecified atom stereocenters. The number of nitrogens with zero attached hydrogens (tertiary/aromatic N) is 3. The van der Waals surface area contributed by atoms with Gasteiger partial charge in [0.1, 0.15) is 5.41 Å². The summed E-state index contributed by atoms with van der Waals surface area (Å²) in [6, 6.07) is 0. The number of aromatic nitrogens is 2. The molecule has 2 aliphatic rings. The Labute approximate surface area is 112 Å². The summed E-state index contributed by atoms with van der Waals surface area (Å²) in [5.74, 6) is 0.806. The molecule has 0 radical (unpaired) electrons. The Kier molecular flexibility index (Phi) is 3.16. The molecule has 2 fully saturated rings. The van der Waals surface area contributed by atoms with Crippen LogP contribution in [-0.4, -0.2) is 35.8 Å². The summed E-state index contributed by atoms with van der Waals surface area (Å²) >= 11 is 0. The third-order valence-corrected chi connectivity index (χ3v) is 3.88. The molecular formula is C13H19N3O3. The monoisotopic (exact) mass is 265 g/mol. The van der Waals surface area contributed by atoms with E-state index in [2.05, 4.69) is 15.0 Å². The van der Waals surface area contributed by atoms with Crippen molar-refractivity contribution in [2.24, 2.45) is 0 Å². The first kappa shape index (κ1) is 12.4. The first-order valence-electron chi connectivity index (χ1n) is 7.02. The van der Waals surface area contributed by atoms with E-state index in [1.807, 2.05) is 0 Å². The van der Waals surface area contributed by atoms with Gasteiger partial charge in [-0.1, -0.05) is 0 Å². The maximum Gasteiger partial charge on any atom is 0.321 e. The maximum atomic E-state index is 11.9. The van der Waals surface area contributed by atoms with Crippen molar-refractivity contribution >= 4 is 11.9 Å².